The van der Waals surface area contributed by atoms with Crippen LogP contribution in [0.5, 0.6) is 0 Å². The molecule has 1 aromatic carbocycles. The zero-order valence-electron chi connectivity index (χ0n) is 17.6. The number of amides is 5. The largest absolute Gasteiger partial charge is 0.331 e. The lowest BCUT2D eigenvalue weighted by molar-refractivity contribution is -0.139. The first-order valence-corrected chi connectivity index (χ1v) is 10.7. The van der Waals surface area contributed by atoms with E-state index in [-0.39, 0.29) is 30.7 Å². The van der Waals surface area contributed by atoms with Crippen LogP contribution in [0.3, 0.4) is 0 Å². The number of urea groups is 1. The average molecular weight is 415 g/mol. The molecule has 1 saturated heterocycles. The van der Waals surface area contributed by atoms with Gasteiger partial charge in [-0.2, -0.15) is 0 Å². The molecule has 162 valence electrons. The van der Waals surface area contributed by atoms with Gasteiger partial charge in [-0.1, -0.05) is 38.0 Å². The SMILES string of the molecule is CCCN(C(=O)CCN1C(=O)NC2(CCCC2)C1=O)C(C)C(=O)Nc1ccccc1. The van der Waals surface area contributed by atoms with Gasteiger partial charge < -0.3 is 15.5 Å². The molecule has 1 heterocycles. The molecule has 2 fully saturated rings. The van der Waals surface area contributed by atoms with Crippen molar-refractivity contribution >= 4 is 29.4 Å². The molecule has 30 heavy (non-hydrogen) atoms. The van der Waals surface area contributed by atoms with E-state index in [9.17, 15) is 19.2 Å². The lowest BCUT2D eigenvalue weighted by Gasteiger charge is -2.29. The van der Waals surface area contributed by atoms with Crippen LogP contribution in [0.2, 0.25) is 0 Å². The fourth-order valence-corrected chi connectivity index (χ4v) is 4.23. The highest BCUT2D eigenvalue weighted by Crippen LogP contribution is 2.35. The van der Waals surface area contributed by atoms with Gasteiger partial charge in [-0.3, -0.25) is 19.3 Å². The smallest absolute Gasteiger partial charge is 0.325 e. The van der Waals surface area contributed by atoms with Crippen LogP contribution in [0.1, 0.15) is 52.4 Å². The summed E-state index contributed by atoms with van der Waals surface area (Å²) in [4.78, 5) is 53.2. The lowest BCUT2D eigenvalue weighted by Crippen LogP contribution is -2.47. The number of benzene rings is 1. The summed E-state index contributed by atoms with van der Waals surface area (Å²) in [5, 5.41) is 5.64. The highest BCUT2D eigenvalue weighted by molar-refractivity contribution is 6.07. The molecule has 1 spiro atoms. The molecule has 0 aromatic heterocycles. The lowest BCUT2D eigenvalue weighted by atomic mass is 9.98. The number of anilines is 1. The standard InChI is InChI=1S/C22H30N4O4/c1-3-14-25(16(2)19(28)23-17-9-5-4-6-10-17)18(27)11-15-26-20(29)22(24-21(26)30)12-7-8-13-22/h4-6,9-10,16H,3,7-8,11-15H2,1-2H3,(H,23,28)(H,24,30). The van der Waals surface area contributed by atoms with Crippen molar-refractivity contribution in [3.8, 4) is 0 Å². The third-order valence-electron chi connectivity index (χ3n) is 5.93. The Kier molecular flexibility index (Phi) is 6.74. The maximum atomic E-state index is 12.9. The molecular formula is C22H30N4O4. The third-order valence-corrected chi connectivity index (χ3v) is 5.93. The van der Waals surface area contributed by atoms with Crippen LogP contribution in [0.4, 0.5) is 10.5 Å². The maximum Gasteiger partial charge on any atom is 0.325 e. The molecule has 1 saturated carbocycles. The minimum atomic E-state index is -0.772. The minimum Gasteiger partial charge on any atom is -0.331 e. The predicted octanol–water partition coefficient (Wildman–Crippen LogP) is 2.51. The van der Waals surface area contributed by atoms with E-state index >= 15 is 0 Å². The Hall–Kier alpha value is -2.90. The molecule has 1 aliphatic carbocycles. The van der Waals surface area contributed by atoms with Crippen LogP contribution in [-0.2, 0) is 14.4 Å². The average Bonchev–Trinajstić information content (AvgIpc) is 3.29. The normalized spacial score (nSPS) is 18.4. The highest BCUT2D eigenvalue weighted by atomic mass is 16.2. The molecule has 5 amide bonds. The van der Waals surface area contributed by atoms with E-state index in [0.717, 1.165) is 17.7 Å². The van der Waals surface area contributed by atoms with Gasteiger partial charge in [0.1, 0.15) is 11.6 Å². The van der Waals surface area contributed by atoms with E-state index in [1.807, 2.05) is 25.1 Å². The van der Waals surface area contributed by atoms with Crippen molar-refractivity contribution in [1.82, 2.24) is 15.1 Å². The van der Waals surface area contributed by atoms with Crippen LogP contribution < -0.4 is 10.6 Å². The fourth-order valence-electron chi connectivity index (χ4n) is 4.23. The molecule has 3 rings (SSSR count). The Balaban J connectivity index is 1.60. The van der Waals surface area contributed by atoms with Gasteiger partial charge in [-0.15, -0.1) is 0 Å². The molecule has 1 atom stereocenters. The van der Waals surface area contributed by atoms with Crippen molar-refractivity contribution in [3.05, 3.63) is 30.3 Å². The summed E-state index contributed by atoms with van der Waals surface area (Å²) < 4.78 is 0. The van der Waals surface area contributed by atoms with E-state index in [1.54, 1.807) is 19.1 Å². The Bertz CT molecular complexity index is 805. The third kappa shape index (κ3) is 4.47. The topological polar surface area (TPSA) is 98.8 Å². The van der Waals surface area contributed by atoms with Gasteiger partial charge in [0.2, 0.25) is 11.8 Å². The molecule has 1 unspecified atom stereocenters. The first-order chi connectivity index (χ1) is 14.4. The van der Waals surface area contributed by atoms with Crippen molar-refractivity contribution < 1.29 is 19.2 Å². The fraction of sp³-hybridized carbons (Fsp3) is 0.545. The number of imide groups is 1. The molecular weight excluding hydrogens is 384 g/mol. The second-order valence-electron chi connectivity index (χ2n) is 8.04. The molecule has 1 aromatic rings. The number of nitrogens with zero attached hydrogens (tertiary/aromatic N) is 2. The van der Waals surface area contributed by atoms with E-state index < -0.39 is 17.6 Å². The van der Waals surface area contributed by atoms with Gasteiger partial charge in [0.15, 0.2) is 0 Å². The van der Waals surface area contributed by atoms with Crippen molar-refractivity contribution in [3.63, 3.8) is 0 Å². The van der Waals surface area contributed by atoms with Gasteiger partial charge in [0.25, 0.3) is 5.91 Å². The van der Waals surface area contributed by atoms with E-state index in [4.69, 9.17) is 0 Å². The predicted molar refractivity (Wildman–Crippen MR) is 113 cm³/mol. The van der Waals surface area contributed by atoms with Crippen LogP contribution in [0.15, 0.2) is 30.3 Å². The summed E-state index contributed by atoms with van der Waals surface area (Å²) in [6.07, 6.45) is 3.83. The second-order valence-corrected chi connectivity index (χ2v) is 8.04. The van der Waals surface area contributed by atoms with Gasteiger partial charge in [-0.25, -0.2) is 4.79 Å². The monoisotopic (exact) mass is 414 g/mol. The van der Waals surface area contributed by atoms with Gasteiger partial charge in [-0.05, 0) is 38.3 Å². The zero-order valence-corrected chi connectivity index (χ0v) is 17.6. The number of para-hydroxylation sites is 1. The summed E-state index contributed by atoms with van der Waals surface area (Å²) >= 11 is 0. The van der Waals surface area contributed by atoms with Crippen molar-refractivity contribution in [2.45, 2.75) is 64.0 Å². The van der Waals surface area contributed by atoms with Gasteiger partial charge >= 0.3 is 6.03 Å². The molecule has 2 N–H and O–H groups in total. The summed E-state index contributed by atoms with van der Waals surface area (Å²) in [7, 11) is 0. The number of hydrogen-bond donors (Lipinski definition) is 2. The first-order valence-electron chi connectivity index (χ1n) is 10.7. The van der Waals surface area contributed by atoms with E-state index in [1.165, 1.54) is 4.90 Å². The highest BCUT2D eigenvalue weighted by Gasteiger charge is 2.52. The number of carbonyl (C=O) groups is 4. The second kappa shape index (κ2) is 9.28. The van der Waals surface area contributed by atoms with Crippen molar-refractivity contribution in [2.24, 2.45) is 0 Å². The molecule has 0 bridgehead atoms. The number of rotatable bonds is 8. The molecule has 0 radical (unpaired) electrons. The summed E-state index contributed by atoms with van der Waals surface area (Å²) in [6, 6.07) is 7.99. The van der Waals surface area contributed by atoms with Crippen LogP contribution in [0, 0.1) is 0 Å². The number of nitrogens with one attached hydrogen (secondary N) is 2. The summed E-state index contributed by atoms with van der Waals surface area (Å²) in [5.74, 6) is -0.752. The first kappa shape index (κ1) is 21.8. The van der Waals surface area contributed by atoms with E-state index in [0.29, 0.717) is 31.5 Å². The van der Waals surface area contributed by atoms with E-state index in [2.05, 4.69) is 10.6 Å². The summed E-state index contributed by atoms with van der Waals surface area (Å²) in [6.45, 7) is 4.07. The molecule has 8 nitrogen and oxygen atoms in total. The number of carbonyl (C=O) groups excluding carboxylic acids is 4. The van der Waals surface area contributed by atoms with Gasteiger partial charge in [0, 0.05) is 25.2 Å². The minimum absolute atomic E-state index is 0.00179. The van der Waals surface area contributed by atoms with Gasteiger partial charge in [0.05, 0.1) is 0 Å². The van der Waals surface area contributed by atoms with Crippen molar-refractivity contribution in [2.75, 3.05) is 18.4 Å². The van der Waals surface area contributed by atoms with Crippen LogP contribution >= 0.6 is 0 Å². The summed E-state index contributed by atoms with van der Waals surface area (Å²) in [5.41, 5.74) is -0.106. The Morgan fingerprint density at radius 1 is 1.20 bits per heavy atom. The zero-order chi connectivity index (χ0) is 21.7. The molecule has 2 aliphatic rings. The Morgan fingerprint density at radius 2 is 1.87 bits per heavy atom. The van der Waals surface area contributed by atoms with Crippen LogP contribution in [-0.4, -0.2) is 58.2 Å². The number of hydrogen-bond acceptors (Lipinski definition) is 4. The maximum absolute atomic E-state index is 12.9. The molecule has 8 heteroatoms. The van der Waals surface area contributed by atoms with Crippen LogP contribution in [0.25, 0.3) is 0 Å². The Morgan fingerprint density at radius 3 is 2.50 bits per heavy atom. The quantitative estimate of drug-likeness (QED) is 0.639. The molecule has 1 aliphatic heterocycles. The Labute approximate surface area is 177 Å². The van der Waals surface area contributed by atoms with Crippen molar-refractivity contribution in [1.29, 1.82) is 0 Å².